The molecule has 0 saturated carbocycles. The number of aromatic nitrogens is 2. The highest BCUT2D eigenvalue weighted by Gasteiger charge is 2.28. The molecule has 0 bridgehead atoms. The number of hydrogen-bond acceptors (Lipinski definition) is 3. The maximum absolute atomic E-state index is 12.3. The van der Waals surface area contributed by atoms with E-state index in [4.69, 9.17) is 0 Å². The molecule has 0 aromatic carbocycles. The average molecular weight is 332 g/mol. The minimum Gasteiger partial charge on any atom is -0.341 e. The monoisotopic (exact) mass is 332 g/mol. The lowest BCUT2D eigenvalue weighted by atomic mass is 10.3. The van der Waals surface area contributed by atoms with E-state index in [1.165, 1.54) is 0 Å². The molecule has 0 aliphatic carbocycles. The first-order valence-corrected chi connectivity index (χ1v) is 7.90. The SMILES string of the molecule is Cc1ccnn1CCC(=O)N1CCCN(CCC(F)(F)F)CC1. The fourth-order valence-electron chi connectivity index (χ4n) is 2.72. The molecule has 0 spiro atoms. The third-order valence-electron chi connectivity index (χ3n) is 4.12. The average Bonchev–Trinajstić information content (AvgIpc) is 2.74. The van der Waals surface area contributed by atoms with Gasteiger partial charge in [-0.2, -0.15) is 18.3 Å². The second-order valence-corrected chi connectivity index (χ2v) is 5.89. The number of rotatable bonds is 5. The number of nitrogens with zero attached hydrogens (tertiary/aromatic N) is 4. The molecule has 1 aliphatic heterocycles. The van der Waals surface area contributed by atoms with E-state index in [9.17, 15) is 18.0 Å². The first kappa shape index (κ1) is 17.8. The first-order chi connectivity index (χ1) is 10.8. The van der Waals surface area contributed by atoms with Crippen LogP contribution in [0, 0.1) is 6.92 Å². The van der Waals surface area contributed by atoms with Crippen LogP contribution in [0.3, 0.4) is 0 Å². The van der Waals surface area contributed by atoms with Gasteiger partial charge in [0, 0.05) is 51.0 Å². The first-order valence-electron chi connectivity index (χ1n) is 7.90. The maximum atomic E-state index is 12.3. The predicted molar refractivity (Wildman–Crippen MR) is 79.9 cm³/mol. The van der Waals surface area contributed by atoms with E-state index in [0.717, 1.165) is 5.69 Å². The van der Waals surface area contributed by atoms with Crippen LogP contribution in [0.4, 0.5) is 13.2 Å². The number of hydrogen-bond donors (Lipinski definition) is 0. The lowest BCUT2D eigenvalue weighted by molar-refractivity contribution is -0.138. The van der Waals surface area contributed by atoms with Gasteiger partial charge >= 0.3 is 6.18 Å². The molecule has 1 fully saturated rings. The molecule has 0 unspecified atom stereocenters. The zero-order valence-electron chi connectivity index (χ0n) is 13.3. The zero-order chi connectivity index (χ0) is 16.9. The summed E-state index contributed by atoms with van der Waals surface area (Å²) < 4.78 is 38.6. The Bertz CT molecular complexity index is 515. The Balaban J connectivity index is 1.76. The van der Waals surface area contributed by atoms with E-state index < -0.39 is 12.6 Å². The maximum Gasteiger partial charge on any atom is 0.390 e. The Morgan fingerprint density at radius 2 is 2.00 bits per heavy atom. The molecule has 2 heterocycles. The standard InChI is InChI=1S/C15H23F3N4O/c1-13-3-6-19-22(13)9-4-14(23)21-8-2-7-20(11-12-21)10-5-15(16,17)18/h3,6H,2,4-5,7-12H2,1H3. The Morgan fingerprint density at radius 3 is 2.65 bits per heavy atom. The Morgan fingerprint density at radius 1 is 1.22 bits per heavy atom. The highest BCUT2D eigenvalue weighted by Crippen LogP contribution is 2.20. The van der Waals surface area contributed by atoms with Crippen LogP contribution >= 0.6 is 0 Å². The van der Waals surface area contributed by atoms with Crippen molar-refractivity contribution in [1.29, 1.82) is 0 Å². The van der Waals surface area contributed by atoms with E-state index in [1.54, 1.807) is 20.7 Å². The fourth-order valence-corrected chi connectivity index (χ4v) is 2.72. The van der Waals surface area contributed by atoms with Crippen molar-refractivity contribution >= 4 is 5.91 Å². The zero-order valence-corrected chi connectivity index (χ0v) is 13.3. The van der Waals surface area contributed by atoms with Gasteiger partial charge in [-0.25, -0.2) is 0 Å². The largest absolute Gasteiger partial charge is 0.390 e. The van der Waals surface area contributed by atoms with Gasteiger partial charge in [0.1, 0.15) is 0 Å². The van der Waals surface area contributed by atoms with Gasteiger partial charge in [-0.3, -0.25) is 9.48 Å². The number of alkyl halides is 3. The van der Waals surface area contributed by atoms with Crippen LogP contribution in [-0.2, 0) is 11.3 Å². The molecule has 1 amide bonds. The second-order valence-electron chi connectivity index (χ2n) is 5.89. The van der Waals surface area contributed by atoms with E-state index in [1.807, 2.05) is 13.0 Å². The van der Waals surface area contributed by atoms with Gasteiger partial charge in [0.15, 0.2) is 0 Å². The Labute approximate surface area is 134 Å². The highest BCUT2D eigenvalue weighted by molar-refractivity contribution is 5.76. The fraction of sp³-hybridized carbons (Fsp3) is 0.733. The Kier molecular flexibility index (Phi) is 6.04. The summed E-state index contributed by atoms with van der Waals surface area (Å²) in [5.41, 5.74) is 1.01. The molecule has 1 saturated heterocycles. The molecular weight excluding hydrogens is 309 g/mol. The quantitative estimate of drug-likeness (QED) is 0.829. The number of halogens is 3. The molecule has 0 N–H and O–H groups in total. The summed E-state index contributed by atoms with van der Waals surface area (Å²) in [6.45, 7) is 4.70. The summed E-state index contributed by atoms with van der Waals surface area (Å²) in [6.07, 6.45) is -2.14. The van der Waals surface area contributed by atoms with Gasteiger partial charge in [-0.1, -0.05) is 0 Å². The molecule has 1 aromatic heterocycles. The third-order valence-corrected chi connectivity index (χ3v) is 4.12. The van der Waals surface area contributed by atoms with Crippen molar-refractivity contribution in [3.05, 3.63) is 18.0 Å². The molecule has 1 aliphatic rings. The van der Waals surface area contributed by atoms with Crippen molar-refractivity contribution in [2.75, 3.05) is 32.7 Å². The summed E-state index contributed by atoms with van der Waals surface area (Å²) in [7, 11) is 0. The van der Waals surface area contributed by atoms with Crippen molar-refractivity contribution < 1.29 is 18.0 Å². The predicted octanol–water partition coefficient (Wildman–Crippen LogP) is 2.07. The molecular formula is C15H23F3N4O. The molecule has 130 valence electrons. The highest BCUT2D eigenvalue weighted by atomic mass is 19.4. The van der Waals surface area contributed by atoms with Gasteiger partial charge < -0.3 is 9.80 Å². The topological polar surface area (TPSA) is 41.4 Å². The van der Waals surface area contributed by atoms with E-state index in [2.05, 4.69) is 5.10 Å². The van der Waals surface area contributed by atoms with Crippen LogP contribution in [0.1, 0.15) is 25.0 Å². The van der Waals surface area contributed by atoms with Crippen molar-refractivity contribution in [2.24, 2.45) is 0 Å². The van der Waals surface area contributed by atoms with E-state index >= 15 is 0 Å². The van der Waals surface area contributed by atoms with Crippen molar-refractivity contribution in [1.82, 2.24) is 19.6 Å². The minimum absolute atomic E-state index is 0.0119. The van der Waals surface area contributed by atoms with Crippen LogP contribution < -0.4 is 0 Å². The van der Waals surface area contributed by atoms with Gasteiger partial charge in [0.25, 0.3) is 0 Å². The van der Waals surface area contributed by atoms with Crippen LogP contribution in [0.25, 0.3) is 0 Å². The molecule has 2 rings (SSSR count). The molecule has 23 heavy (non-hydrogen) atoms. The smallest absolute Gasteiger partial charge is 0.341 e. The molecule has 1 aromatic rings. The van der Waals surface area contributed by atoms with Gasteiger partial charge in [0.2, 0.25) is 5.91 Å². The van der Waals surface area contributed by atoms with Gasteiger partial charge in [-0.05, 0) is 26.0 Å². The van der Waals surface area contributed by atoms with Crippen LogP contribution in [0.5, 0.6) is 0 Å². The van der Waals surface area contributed by atoms with E-state index in [0.29, 0.717) is 45.6 Å². The second kappa shape index (κ2) is 7.81. The normalized spacial score (nSPS) is 17.3. The number of carbonyl (C=O) groups is 1. The summed E-state index contributed by atoms with van der Waals surface area (Å²) >= 11 is 0. The third kappa shape index (κ3) is 5.85. The van der Waals surface area contributed by atoms with Crippen molar-refractivity contribution in [3.63, 3.8) is 0 Å². The van der Waals surface area contributed by atoms with Gasteiger partial charge in [0.05, 0.1) is 6.42 Å². The number of aryl methyl sites for hydroxylation is 2. The lowest BCUT2D eigenvalue weighted by Gasteiger charge is -2.22. The summed E-state index contributed by atoms with van der Waals surface area (Å²) in [4.78, 5) is 15.8. The molecule has 0 radical (unpaired) electrons. The molecule has 8 heteroatoms. The van der Waals surface area contributed by atoms with Crippen LogP contribution in [0.15, 0.2) is 12.3 Å². The molecule has 5 nitrogen and oxygen atoms in total. The molecule has 0 atom stereocenters. The summed E-state index contributed by atoms with van der Waals surface area (Å²) in [5, 5.41) is 4.14. The summed E-state index contributed by atoms with van der Waals surface area (Å²) in [5.74, 6) is 0.0394. The lowest BCUT2D eigenvalue weighted by Crippen LogP contribution is -2.36. The van der Waals surface area contributed by atoms with E-state index in [-0.39, 0.29) is 12.5 Å². The number of carbonyl (C=O) groups excluding carboxylic acids is 1. The summed E-state index contributed by atoms with van der Waals surface area (Å²) in [6, 6.07) is 1.88. The van der Waals surface area contributed by atoms with Crippen LogP contribution in [-0.4, -0.2) is 64.4 Å². The minimum atomic E-state index is -4.12. The Hall–Kier alpha value is -1.57. The van der Waals surface area contributed by atoms with Crippen molar-refractivity contribution in [2.45, 2.75) is 38.9 Å². The van der Waals surface area contributed by atoms with Crippen LogP contribution in [0.2, 0.25) is 0 Å². The number of amides is 1. The van der Waals surface area contributed by atoms with Gasteiger partial charge in [-0.15, -0.1) is 0 Å². The van der Waals surface area contributed by atoms with Crippen molar-refractivity contribution in [3.8, 4) is 0 Å².